The summed E-state index contributed by atoms with van der Waals surface area (Å²) in [5.74, 6) is 0. The lowest BCUT2D eigenvalue weighted by Crippen LogP contribution is -2.50. The maximum absolute atomic E-state index is 12.1. The molecular weight excluding hydrogens is 276 g/mol. The first-order chi connectivity index (χ1) is 9.70. The van der Waals surface area contributed by atoms with E-state index >= 15 is 0 Å². The van der Waals surface area contributed by atoms with Crippen LogP contribution in [0.3, 0.4) is 0 Å². The van der Waals surface area contributed by atoms with E-state index in [1.54, 1.807) is 4.90 Å². The number of nitrogens with one attached hydrogen (secondary N) is 1. The largest absolute Gasteiger partial charge is 0.394 e. The number of halogens is 1. The normalized spacial score (nSPS) is 18.9. The molecule has 1 heterocycles. The molecule has 1 aliphatic rings. The van der Waals surface area contributed by atoms with Crippen LogP contribution >= 0.6 is 11.6 Å². The zero-order valence-corrected chi connectivity index (χ0v) is 12.3. The van der Waals surface area contributed by atoms with Gasteiger partial charge in [-0.2, -0.15) is 0 Å². The van der Waals surface area contributed by atoms with E-state index in [1.165, 1.54) is 0 Å². The first-order valence-electron chi connectivity index (χ1n) is 7.10. The van der Waals surface area contributed by atoms with Crippen LogP contribution < -0.4 is 5.32 Å². The van der Waals surface area contributed by atoms with Gasteiger partial charge in [-0.25, -0.2) is 4.79 Å². The van der Waals surface area contributed by atoms with Gasteiger partial charge >= 0.3 is 6.03 Å². The van der Waals surface area contributed by atoms with Gasteiger partial charge < -0.3 is 15.3 Å². The summed E-state index contributed by atoms with van der Waals surface area (Å²) in [4.78, 5) is 13.8. The van der Waals surface area contributed by atoms with Gasteiger partial charge in [0.25, 0.3) is 0 Å². The van der Waals surface area contributed by atoms with Gasteiger partial charge in [0.1, 0.15) is 0 Å². The average Bonchev–Trinajstić information content (AvgIpc) is 2.49. The van der Waals surface area contributed by atoms with Crippen LogP contribution in [-0.2, 0) is 6.42 Å². The summed E-state index contributed by atoms with van der Waals surface area (Å²) >= 11 is 5.83. The highest BCUT2D eigenvalue weighted by molar-refractivity contribution is 6.30. The number of amides is 2. The molecule has 2 N–H and O–H groups in total. The lowest BCUT2D eigenvalue weighted by molar-refractivity contribution is 0.108. The second-order valence-electron chi connectivity index (χ2n) is 5.13. The number of hydrogen-bond acceptors (Lipinski definition) is 2. The molecule has 1 fully saturated rings. The van der Waals surface area contributed by atoms with E-state index in [4.69, 9.17) is 11.6 Å². The van der Waals surface area contributed by atoms with Crippen molar-refractivity contribution < 1.29 is 9.90 Å². The van der Waals surface area contributed by atoms with E-state index in [2.05, 4.69) is 5.32 Å². The Bertz CT molecular complexity index is 436. The summed E-state index contributed by atoms with van der Waals surface area (Å²) < 4.78 is 0. The van der Waals surface area contributed by atoms with Crippen molar-refractivity contribution in [2.45, 2.75) is 31.7 Å². The van der Waals surface area contributed by atoms with Crippen LogP contribution in [0.1, 0.15) is 24.8 Å². The van der Waals surface area contributed by atoms with Crippen molar-refractivity contribution in [2.75, 3.05) is 19.7 Å². The van der Waals surface area contributed by atoms with Crippen LogP contribution in [0.5, 0.6) is 0 Å². The zero-order chi connectivity index (χ0) is 14.4. The maximum atomic E-state index is 12.1. The molecule has 0 bridgehead atoms. The number of likely N-dealkylation sites (tertiary alicyclic amines) is 1. The standard InChI is InChI=1S/C15H21ClN2O2/c16-13-6-4-12(5-7-13)8-9-17-15(20)18-10-2-1-3-14(18)11-19/h4-7,14,19H,1-3,8-11H2,(H,17,20). The van der Waals surface area contributed by atoms with E-state index < -0.39 is 0 Å². The Morgan fingerprint density at radius 2 is 2.10 bits per heavy atom. The average molecular weight is 297 g/mol. The van der Waals surface area contributed by atoms with E-state index in [0.29, 0.717) is 6.54 Å². The second kappa shape index (κ2) is 7.50. The fourth-order valence-corrected chi connectivity index (χ4v) is 2.65. The highest BCUT2D eigenvalue weighted by Crippen LogP contribution is 2.16. The summed E-state index contributed by atoms with van der Waals surface area (Å²) in [5, 5.41) is 12.9. The fourth-order valence-electron chi connectivity index (χ4n) is 2.52. The van der Waals surface area contributed by atoms with Crippen molar-refractivity contribution in [2.24, 2.45) is 0 Å². The molecule has 1 aromatic rings. The van der Waals surface area contributed by atoms with Crippen LogP contribution in [0.25, 0.3) is 0 Å². The number of benzene rings is 1. The zero-order valence-electron chi connectivity index (χ0n) is 11.5. The van der Waals surface area contributed by atoms with E-state index in [9.17, 15) is 9.90 Å². The number of piperidine rings is 1. The highest BCUT2D eigenvalue weighted by Gasteiger charge is 2.25. The van der Waals surface area contributed by atoms with Crippen LogP contribution in [-0.4, -0.2) is 41.8 Å². The molecule has 1 aliphatic heterocycles. The van der Waals surface area contributed by atoms with Gasteiger partial charge in [0, 0.05) is 18.1 Å². The molecule has 0 spiro atoms. The van der Waals surface area contributed by atoms with E-state index in [0.717, 1.165) is 42.8 Å². The van der Waals surface area contributed by atoms with Crippen molar-refractivity contribution in [1.29, 1.82) is 0 Å². The molecule has 0 aliphatic carbocycles. The van der Waals surface area contributed by atoms with Gasteiger partial charge in [-0.05, 0) is 43.4 Å². The van der Waals surface area contributed by atoms with Crippen molar-refractivity contribution in [3.05, 3.63) is 34.9 Å². The smallest absolute Gasteiger partial charge is 0.317 e. The Balaban J connectivity index is 1.78. The third kappa shape index (κ3) is 4.12. The Labute approximate surface area is 124 Å². The molecule has 1 unspecified atom stereocenters. The van der Waals surface area contributed by atoms with Gasteiger partial charge in [0.2, 0.25) is 0 Å². The molecule has 0 saturated carbocycles. The minimum absolute atomic E-state index is 0.0284. The molecule has 0 radical (unpaired) electrons. The molecule has 110 valence electrons. The molecule has 1 saturated heterocycles. The number of hydrogen-bond donors (Lipinski definition) is 2. The number of rotatable bonds is 4. The van der Waals surface area contributed by atoms with Crippen LogP contribution in [0.15, 0.2) is 24.3 Å². The summed E-state index contributed by atoms with van der Waals surface area (Å²) in [5.41, 5.74) is 1.15. The van der Waals surface area contributed by atoms with Gasteiger partial charge in [-0.1, -0.05) is 23.7 Å². The number of carbonyl (C=O) groups is 1. The molecule has 1 atom stereocenters. The maximum Gasteiger partial charge on any atom is 0.317 e. The predicted molar refractivity (Wildman–Crippen MR) is 80.0 cm³/mol. The number of aliphatic hydroxyl groups excluding tert-OH is 1. The van der Waals surface area contributed by atoms with Gasteiger partial charge in [0.05, 0.1) is 12.6 Å². The van der Waals surface area contributed by atoms with Crippen molar-refractivity contribution >= 4 is 17.6 Å². The number of carbonyl (C=O) groups excluding carboxylic acids is 1. The Morgan fingerprint density at radius 1 is 1.35 bits per heavy atom. The molecule has 20 heavy (non-hydrogen) atoms. The minimum Gasteiger partial charge on any atom is -0.394 e. The Kier molecular flexibility index (Phi) is 5.68. The number of urea groups is 1. The Hall–Kier alpha value is -1.26. The summed E-state index contributed by atoms with van der Waals surface area (Å²) in [7, 11) is 0. The second-order valence-corrected chi connectivity index (χ2v) is 5.57. The SMILES string of the molecule is O=C(NCCc1ccc(Cl)cc1)N1CCCCC1CO. The molecule has 2 amide bonds. The number of nitrogens with zero attached hydrogens (tertiary/aromatic N) is 1. The minimum atomic E-state index is -0.0716. The summed E-state index contributed by atoms with van der Waals surface area (Å²) in [6, 6.07) is 7.53. The molecule has 0 aromatic heterocycles. The van der Waals surface area contributed by atoms with Crippen LogP contribution in [0.2, 0.25) is 5.02 Å². The van der Waals surface area contributed by atoms with Crippen molar-refractivity contribution in [3.63, 3.8) is 0 Å². The molecule has 1 aromatic carbocycles. The molecule has 2 rings (SSSR count). The summed E-state index contributed by atoms with van der Waals surface area (Å²) in [6.45, 7) is 1.37. The topological polar surface area (TPSA) is 52.6 Å². The third-order valence-electron chi connectivity index (χ3n) is 3.70. The monoisotopic (exact) mass is 296 g/mol. The van der Waals surface area contributed by atoms with Gasteiger partial charge in [-0.15, -0.1) is 0 Å². The van der Waals surface area contributed by atoms with E-state index in [-0.39, 0.29) is 18.7 Å². The van der Waals surface area contributed by atoms with Gasteiger partial charge in [0.15, 0.2) is 0 Å². The predicted octanol–water partition coefficient (Wildman–Crippen LogP) is 2.44. The molecule has 5 heteroatoms. The first-order valence-corrected chi connectivity index (χ1v) is 7.48. The summed E-state index contributed by atoms with van der Waals surface area (Å²) in [6.07, 6.45) is 3.77. The highest BCUT2D eigenvalue weighted by atomic mass is 35.5. The van der Waals surface area contributed by atoms with Crippen molar-refractivity contribution in [1.82, 2.24) is 10.2 Å². The lowest BCUT2D eigenvalue weighted by Gasteiger charge is -2.34. The fraction of sp³-hybridized carbons (Fsp3) is 0.533. The Morgan fingerprint density at radius 3 is 2.80 bits per heavy atom. The number of aliphatic hydroxyl groups is 1. The molecular formula is C15H21ClN2O2. The van der Waals surface area contributed by atoms with Crippen molar-refractivity contribution in [3.8, 4) is 0 Å². The third-order valence-corrected chi connectivity index (χ3v) is 3.95. The van der Waals surface area contributed by atoms with E-state index in [1.807, 2.05) is 24.3 Å². The van der Waals surface area contributed by atoms with Crippen LogP contribution in [0, 0.1) is 0 Å². The van der Waals surface area contributed by atoms with Gasteiger partial charge in [-0.3, -0.25) is 0 Å². The lowest BCUT2D eigenvalue weighted by atomic mass is 10.0. The first kappa shape index (κ1) is 15.1. The van der Waals surface area contributed by atoms with Crippen LogP contribution in [0.4, 0.5) is 4.79 Å². The quantitative estimate of drug-likeness (QED) is 0.896. The molecule has 4 nitrogen and oxygen atoms in total.